The maximum Gasteiger partial charge on any atom is 0.280 e. The Hall–Kier alpha value is -1.17. The van der Waals surface area contributed by atoms with E-state index in [-0.39, 0.29) is 11.5 Å². The predicted octanol–water partition coefficient (Wildman–Crippen LogP) is 1.41. The van der Waals surface area contributed by atoms with Crippen molar-refractivity contribution >= 4 is 0 Å². The molecule has 1 aromatic rings. The number of H-pyrrole nitrogens is 1. The zero-order valence-corrected chi connectivity index (χ0v) is 8.95. The summed E-state index contributed by atoms with van der Waals surface area (Å²) >= 11 is 0. The van der Waals surface area contributed by atoms with Crippen LogP contribution in [0.25, 0.3) is 0 Å². The summed E-state index contributed by atoms with van der Waals surface area (Å²) in [6, 6.07) is 0.595. The van der Waals surface area contributed by atoms with Gasteiger partial charge in [-0.1, -0.05) is 0 Å². The molecule has 0 saturated carbocycles. The van der Waals surface area contributed by atoms with Crippen LogP contribution in [0.2, 0.25) is 0 Å². The number of hydrogen-bond acceptors (Lipinski definition) is 3. The molecule has 1 aliphatic rings. The van der Waals surface area contributed by atoms with Gasteiger partial charge in [0.1, 0.15) is 5.76 Å². The first kappa shape index (κ1) is 11.3. The van der Waals surface area contributed by atoms with Crippen molar-refractivity contribution in [3.63, 3.8) is 0 Å². The second-order valence-corrected chi connectivity index (χ2v) is 4.22. The molecule has 0 aliphatic carbocycles. The van der Waals surface area contributed by atoms with E-state index in [0.717, 1.165) is 6.42 Å². The third kappa shape index (κ3) is 2.16. The van der Waals surface area contributed by atoms with E-state index in [1.54, 1.807) is 11.9 Å². The van der Waals surface area contributed by atoms with E-state index in [0.29, 0.717) is 18.7 Å². The van der Waals surface area contributed by atoms with Gasteiger partial charge >= 0.3 is 0 Å². The first-order valence-electron chi connectivity index (χ1n) is 5.24. The molecule has 1 saturated heterocycles. The molecule has 2 heterocycles. The molecule has 1 aliphatic heterocycles. The highest BCUT2D eigenvalue weighted by Crippen LogP contribution is 2.32. The highest BCUT2D eigenvalue weighted by Gasteiger charge is 2.34. The number of halogens is 2. The number of nitrogens with one attached hydrogen (secondary N) is 1. The Morgan fingerprint density at radius 3 is 2.94 bits per heavy atom. The Kier molecular flexibility index (Phi) is 3.09. The van der Waals surface area contributed by atoms with Crippen LogP contribution in [0.3, 0.4) is 0 Å². The second-order valence-electron chi connectivity index (χ2n) is 4.22. The Morgan fingerprint density at radius 2 is 2.38 bits per heavy atom. The van der Waals surface area contributed by atoms with Gasteiger partial charge in [-0.05, 0) is 26.4 Å². The van der Waals surface area contributed by atoms with Gasteiger partial charge in [0.2, 0.25) is 0 Å². The maximum atomic E-state index is 12.7. The number of aromatic amines is 1. The van der Waals surface area contributed by atoms with Crippen molar-refractivity contribution < 1.29 is 13.3 Å². The Labute approximate surface area is 91.2 Å². The normalized spacial score (nSPS) is 27.5. The van der Waals surface area contributed by atoms with E-state index in [9.17, 15) is 13.6 Å². The van der Waals surface area contributed by atoms with Crippen molar-refractivity contribution in [1.82, 2.24) is 10.1 Å². The smallest absolute Gasteiger partial charge is 0.280 e. The van der Waals surface area contributed by atoms with E-state index in [1.807, 2.05) is 0 Å². The minimum Gasteiger partial charge on any atom is -0.383 e. The van der Waals surface area contributed by atoms with Crippen LogP contribution in [0.4, 0.5) is 8.78 Å². The lowest BCUT2D eigenvalue weighted by molar-refractivity contribution is 0.00971. The Bertz CT molecular complexity index is 402. The van der Waals surface area contributed by atoms with Crippen LogP contribution in [0.1, 0.15) is 24.5 Å². The van der Waals surface area contributed by atoms with Crippen molar-refractivity contribution in [2.24, 2.45) is 0 Å². The summed E-state index contributed by atoms with van der Waals surface area (Å²) < 4.78 is 30.4. The molecule has 16 heavy (non-hydrogen) atoms. The fourth-order valence-corrected chi connectivity index (χ4v) is 2.17. The summed E-state index contributed by atoms with van der Waals surface area (Å²) in [5.41, 5.74) is -0.317. The lowest BCUT2D eigenvalue weighted by atomic mass is 9.89. The molecule has 1 aromatic heterocycles. The van der Waals surface area contributed by atoms with Crippen LogP contribution in [0.5, 0.6) is 0 Å². The lowest BCUT2D eigenvalue weighted by Crippen LogP contribution is -2.43. The van der Waals surface area contributed by atoms with Crippen molar-refractivity contribution in [3.8, 4) is 0 Å². The summed E-state index contributed by atoms with van der Waals surface area (Å²) in [5.74, 6) is 0.401. The fourth-order valence-electron chi connectivity index (χ4n) is 2.17. The fraction of sp³-hybridized carbons (Fsp3) is 0.700. The van der Waals surface area contributed by atoms with E-state index < -0.39 is 12.5 Å². The van der Waals surface area contributed by atoms with Gasteiger partial charge < -0.3 is 4.52 Å². The topological polar surface area (TPSA) is 49.2 Å². The van der Waals surface area contributed by atoms with Crippen LogP contribution in [-0.4, -0.2) is 36.1 Å². The molecule has 0 radical (unpaired) electrons. The zero-order valence-electron chi connectivity index (χ0n) is 8.95. The third-order valence-electron chi connectivity index (χ3n) is 3.16. The largest absolute Gasteiger partial charge is 0.383 e. The maximum absolute atomic E-state index is 12.7. The van der Waals surface area contributed by atoms with E-state index in [1.165, 1.54) is 6.07 Å². The molecule has 0 bridgehead atoms. The minimum atomic E-state index is -2.36. The molecule has 90 valence electrons. The molecular weight excluding hydrogens is 218 g/mol. The average Bonchev–Trinajstić information content (AvgIpc) is 2.65. The van der Waals surface area contributed by atoms with Gasteiger partial charge in [-0.2, -0.15) is 5.16 Å². The first-order chi connectivity index (χ1) is 7.58. The Morgan fingerprint density at radius 1 is 1.62 bits per heavy atom. The molecule has 2 atom stereocenters. The third-order valence-corrected chi connectivity index (χ3v) is 3.16. The molecule has 0 aromatic carbocycles. The van der Waals surface area contributed by atoms with Crippen LogP contribution in [0.15, 0.2) is 15.4 Å². The van der Waals surface area contributed by atoms with Crippen molar-refractivity contribution in [2.45, 2.75) is 31.2 Å². The van der Waals surface area contributed by atoms with E-state index in [4.69, 9.17) is 4.52 Å². The van der Waals surface area contributed by atoms with Crippen LogP contribution >= 0.6 is 0 Å². The van der Waals surface area contributed by atoms with Crippen LogP contribution in [-0.2, 0) is 0 Å². The average molecular weight is 232 g/mol. The highest BCUT2D eigenvalue weighted by molar-refractivity contribution is 5.05. The number of likely N-dealkylation sites (tertiary alicyclic amines) is 1. The van der Waals surface area contributed by atoms with Gasteiger partial charge in [0.15, 0.2) is 0 Å². The summed E-state index contributed by atoms with van der Waals surface area (Å²) in [7, 11) is 1.69. The van der Waals surface area contributed by atoms with Gasteiger partial charge in [0.05, 0.1) is 6.04 Å². The van der Waals surface area contributed by atoms with Crippen LogP contribution in [0, 0.1) is 0 Å². The van der Waals surface area contributed by atoms with Gasteiger partial charge in [-0.3, -0.25) is 9.69 Å². The number of rotatable bonds is 2. The molecule has 4 nitrogen and oxygen atoms in total. The molecule has 0 amide bonds. The molecule has 2 rings (SSSR count). The first-order valence-corrected chi connectivity index (χ1v) is 5.24. The number of alkyl halides is 2. The molecule has 0 unspecified atom stereocenters. The summed E-state index contributed by atoms with van der Waals surface area (Å²) in [5, 5.41) is 2.19. The summed E-state index contributed by atoms with van der Waals surface area (Å²) in [4.78, 5) is 12.6. The van der Waals surface area contributed by atoms with E-state index >= 15 is 0 Å². The predicted molar refractivity (Wildman–Crippen MR) is 53.7 cm³/mol. The summed E-state index contributed by atoms with van der Waals surface area (Å²) in [6.07, 6.45) is -1.30. The standard InChI is InChI=1S/C10H14F2N2O2/c1-14-3-2-6(4-7(14)10(11)12)8-5-9(15)13-16-8/h5-7,10H,2-4H2,1H3,(H,13,15)/t6-,7-/m0/s1. The molecule has 6 heteroatoms. The van der Waals surface area contributed by atoms with Gasteiger partial charge in [-0.25, -0.2) is 8.78 Å². The lowest BCUT2D eigenvalue weighted by Gasteiger charge is -2.35. The monoisotopic (exact) mass is 232 g/mol. The Balaban J connectivity index is 2.11. The zero-order chi connectivity index (χ0) is 11.7. The number of aromatic nitrogens is 1. The van der Waals surface area contributed by atoms with Crippen molar-refractivity contribution in [1.29, 1.82) is 0 Å². The van der Waals surface area contributed by atoms with Crippen molar-refractivity contribution in [3.05, 3.63) is 22.2 Å². The van der Waals surface area contributed by atoms with E-state index in [2.05, 4.69) is 5.16 Å². The summed E-state index contributed by atoms with van der Waals surface area (Å²) in [6.45, 7) is 0.592. The quantitative estimate of drug-likeness (QED) is 0.838. The van der Waals surface area contributed by atoms with Gasteiger partial charge in [0.25, 0.3) is 12.0 Å². The highest BCUT2D eigenvalue weighted by atomic mass is 19.3. The minimum absolute atomic E-state index is 0.0888. The number of nitrogens with zero attached hydrogens (tertiary/aromatic N) is 1. The van der Waals surface area contributed by atoms with Crippen LogP contribution < -0.4 is 5.56 Å². The van der Waals surface area contributed by atoms with Gasteiger partial charge in [0, 0.05) is 12.0 Å². The number of hydrogen-bond donors (Lipinski definition) is 1. The van der Waals surface area contributed by atoms with Crippen molar-refractivity contribution in [2.75, 3.05) is 13.6 Å². The molecule has 0 spiro atoms. The SMILES string of the molecule is CN1CC[C@H](c2cc(=O)[nH]o2)C[C@H]1C(F)F. The number of piperidine rings is 1. The van der Waals surface area contributed by atoms with Gasteiger partial charge in [-0.15, -0.1) is 0 Å². The molecular formula is C10H14F2N2O2. The second kappa shape index (κ2) is 4.37. The molecule has 1 N–H and O–H groups in total. The molecule has 1 fully saturated rings.